The Kier molecular flexibility index (Phi) is 5.25. The molecule has 1 fully saturated rings. The lowest BCUT2D eigenvalue weighted by Gasteiger charge is -2.39. The van der Waals surface area contributed by atoms with Crippen LogP contribution in [0.4, 0.5) is 10.1 Å². The number of hydrogen-bond acceptors (Lipinski definition) is 7. The predicted molar refractivity (Wildman–Crippen MR) is 106 cm³/mol. The Morgan fingerprint density at radius 3 is 2.72 bits per heavy atom. The average molecular weight is 437 g/mol. The second-order valence-electron chi connectivity index (χ2n) is 7.20. The molecule has 0 saturated carbocycles. The van der Waals surface area contributed by atoms with Crippen LogP contribution in [0.5, 0.6) is 0 Å². The normalized spacial score (nSPS) is 14.2. The number of aryl methyl sites for hydroxylation is 1. The van der Waals surface area contributed by atoms with Crippen LogP contribution in [0.2, 0.25) is 0 Å². The number of nitrogens with zero attached hydrogens (tertiary/aromatic N) is 4. The molecule has 2 aromatic heterocycles. The highest BCUT2D eigenvalue weighted by atomic mass is 19.1. The molecule has 3 heterocycles. The van der Waals surface area contributed by atoms with Crippen LogP contribution in [0.25, 0.3) is 0 Å². The summed E-state index contributed by atoms with van der Waals surface area (Å²) in [5.41, 5.74) is -0.434. The van der Waals surface area contributed by atoms with E-state index in [1.54, 1.807) is 6.07 Å². The van der Waals surface area contributed by atoms with Gasteiger partial charge in [-0.05, 0) is 24.3 Å². The molecule has 3 aromatic rings. The van der Waals surface area contributed by atoms with Gasteiger partial charge in [-0.1, -0.05) is 0 Å². The molecule has 0 unspecified atom stereocenters. The molecule has 2 amide bonds. The zero-order valence-corrected chi connectivity index (χ0v) is 16.7. The molecule has 1 aliphatic rings. The summed E-state index contributed by atoms with van der Waals surface area (Å²) in [6.45, 7) is 0.284. The Morgan fingerprint density at radius 1 is 1.31 bits per heavy atom. The molecule has 3 N–H and O–H groups in total. The third-order valence-corrected chi connectivity index (χ3v) is 5.01. The SMILES string of the molecule is Cn1cc(C(=O)C(=O)NC2(c3cn[nH]n3)COC2)cc1C(=O)Nc1ccc(F)c(C#N)c1. The van der Waals surface area contributed by atoms with E-state index in [1.807, 2.05) is 0 Å². The fourth-order valence-corrected chi connectivity index (χ4v) is 3.23. The summed E-state index contributed by atoms with van der Waals surface area (Å²) in [5, 5.41) is 24.2. The topological polar surface area (TPSA) is 155 Å². The Bertz CT molecular complexity index is 1260. The minimum Gasteiger partial charge on any atom is -0.376 e. The van der Waals surface area contributed by atoms with Crippen LogP contribution in [-0.2, 0) is 22.1 Å². The van der Waals surface area contributed by atoms with Crippen LogP contribution in [0.1, 0.15) is 32.1 Å². The average Bonchev–Trinajstić information content (AvgIpc) is 3.41. The first-order chi connectivity index (χ1) is 15.3. The van der Waals surface area contributed by atoms with E-state index in [9.17, 15) is 18.8 Å². The quantitative estimate of drug-likeness (QED) is 0.377. The van der Waals surface area contributed by atoms with Gasteiger partial charge in [-0.25, -0.2) is 4.39 Å². The number of nitriles is 1. The molecule has 1 saturated heterocycles. The van der Waals surface area contributed by atoms with E-state index < -0.39 is 29.0 Å². The number of ether oxygens (including phenoxy) is 1. The van der Waals surface area contributed by atoms with Gasteiger partial charge in [0.15, 0.2) is 0 Å². The third kappa shape index (κ3) is 3.72. The lowest BCUT2D eigenvalue weighted by Crippen LogP contribution is -2.60. The number of carbonyl (C=O) groups is 3. The number of Topliss-reactive ketones (excluding diaryl/α,β-unsaturated/α-hetero) is 1. The van der Waals surface area contributed by atoms with Crippen LogP contribution >= 0.6 is 0 Å². The number of aromatic amines is 1. The summed E-state index contributed by atoms with van der Waals surface area (Å²) >= 11 is 0. The van der Waals surface area contributed by atoms with Crippen LogP contribution in [0, 0.1) is 17.1 Å². The number of aromatic nitrogens is 4. The first-order valence-corrected chi connectivity index (χ1v) is 9.31. The van der Waals surface area contributed by atoms with Crippen molar-refractivity contribution in [1.82, 2.24) is 25.3 Å². The van der Waals surface area contributed by atoms with Crippen LogP contribution < -0.4 is 10.6 Å². The molecule has 1 aromatic carbocycles. The van der Waals surface area contributed by atoms with Crippen molar-refractivity contribution >= 4 is 23.3 Å². The van der Waals surface area contributed by atoms with Gasteiger partial charge in [-0.15, -0.1) is 0 Å². The molecule has 0 atom stereocenters. The number of ketones is 1. The number of hydrogen-bond donors (Lipinski definition) is 3. The minimum atomic E-state index is -0.949. The minimum absolute atomic E-state index is 0.00233. The standard InChI is InChI=1S/C20H16FN7O4/c1-28-8-12(5-15(28)18(30)24-13-2-3-14(21)11(4-13)6-22)17(29)19(31)25-20(9-32-10-20)16-7-23-27-26-16/h2-5,7-8H,9-10H2,1H3,(H,24,30)(H,25,31)(H,23,26,27). The van der Waals surface area contributed by atoms with Gasteiger partial charge in [0.1, 0.15) is 28.8 Å². The highest BCUT2D eigenvalue weighted by Crippen LogP contribution is 2.27. The van der Waals surface area contributed by atoms with Crippen LogP contribution in [0.15, 0.2) is 36.7 Å². The Morgan fingerprint density at radius 2 is 2.09 bits per heavy atom. The molecule has 0 spiro atoms. The van der Waals surface area contributed by atoms with Crippen LogP contribution in [-0.4, -0.2) is 50.8 Å². The molecule has 0 radical (unpaired) electrons. The van der Waals surface area contributed by atoms with Crippen molar-refractivity contribution in [3.8, 4) is 6.07 Å². The molecule has 32 heavy (non-hydrogen) atoms. The van der Waals surface area contributed by atoms with Gasteiger partial charge in [-0.3, -0.25) is 14.4 Å². The largest absolute Gasteiger partial charge is 0.376 e. The van der Waals surface area contributed by atoms with Gasteiger partial charge >= 0.3 is 0 Å². The Hall–Kier alpha value is -4.37. The molecule has 1 aliphatic heterocycles. The van der Waals surface area contributed by atoms with E-state index >= 15 is 0 Å². The summed E-state index contributed by atoms with van der Waals surface area (Å²) < 4.78 is 20.0. The summed E-state index contributed by atoms with van der Waals surface area (Å²) in [6, 6.07) is 6.52. The first-order valence-electron chi connectivity index (χ1n) is 9.31. The molecular weight excluding hydrogens is 421 g/mol. The lowest BCUT2D eigenvalue weighted by atomic mass is 9.93. The maximum atomic E-state index is 13.5. The van der Waals surface area contributed by atoms with Crippen molar-refractivity contribution in [3.63, 3.8) is 0 Å². The molecule has 11 nitrogen and oxygen atoms in total. The van der Waals surface area contributed by atoms with E-state index in [-0.39, 0.29) is 35.7 Å². The summed E-state index contributed by atoms with van der Waals surface area (Å²) in [6.07, 6.45) is 2.79. The number of carbonyl (C=O) groups excluding carboxylic acids is 3. The van der Waals surface area contributed by atoms with Gasteiger partial charge in [-0.2, -0.15) is 20.7 Å². The van der Waals surface area contributed by atoms with Gasteiger partial charge in [0, 0.05) is 24.5 Å². The molecule has 0 aliphatic carbocycles. The van der Waals surface area contributed by atoms with Crippen molar-refractivity contribution in [2.24, 2.45) is 7.05 Å². The maximum absolute atomic E-state index is 13.5. The molecule has 162 valence electrons. The summed E-state index contributed by atoms with van der Waals surface area (Å²) in [4.78, 5) is 37.9. The smallest absolute Gasteiger partial charge is 0.293 e. The molecular formula is C20H16FN7O4. The zero-order chi connectivity index (χ0) is 22.9. The van der Waals surface area contributed by atoms with Gasteiger partial charge in [0.25, 0.3) is 17.6 Å². The third-order valence-electron chi connectivity index (χ3n) is 5.01. The number of halogens is 1. The maximum Gasteiger partial charge on any atom is 0.293 e. The number of benzene rings is 1. The van der Waals surface area contributed by atoms with Gasteiger partial charge in [0.05, 0.1) is 25.0 Å². The Balaban J connectivity index is 1.49. The van der Waals surface area contributed by atoms with E-state index in [0.717, 1.165) is 6.07 Å². The van der Waals surface area contributed by atoms with E-state index in [1.165, 1.54) is 42.2 Å². The van der Waals surface area contributed by atoms with Gasteiger partial charge in [0.2, 0.25) is 0 Å². The number of anilines is 1. The van der Waals surface area contributed by atoms with Gasteiger partial charge < -0.3 is 19.9 Å². The van der Waals surface area contributed by atoms with Crippen molar-refractivity contribution in [1.29, 1.82) is 5.26 Å². The second kappa shape index (κ2) is 8.05. The molecule has 0 bridgehead atoms. The van der Waals surface area contributed by atoms with Crippen molar-refractivity contribution < 1.29 is 23.5 Å². The lowest BCUT2D eigenvalue weighted by molar-refractivity contribution is -0.130. The second-order valence-corrected chi connectivity index (χ2v) is 7.20. The predicted octanol–water partition coefficient (Wildman–Crippen LogP) is 0.631. The zero-order valence-electron chi connectivity index (χ0n) is 16.7. The number of H-pyrrole nitrogens is 1. The highest BCUT2D eigenvalue weighted by molar-refractivity contribution is 6.43. The van der Waals surface area contributed by atoms with Crippen LogP contribution in [0.3, 0.4) is 0 Å². The number of amides is 2. The summed E-state index contributed by atoms with van der Waals surface area (Å²) in [5.74, 6) is -3.04. The van der Waals surface area contributed by atoms with Crippen molar-refractivity contribution in [2.75, 3.05) is 18.5 Å². The fraction of sp³-hybridized carbons (Fsp3) is 0.200. The van der Waals surface area contributed by atoms with E-state index in [4.69, 9.17) is 10.00 Å². The number of nitrogens with one attached hydrogen (secondary N) is 3. The van der Waals surface area contributed by atoms with E-state index in [0.29, 0.717) is 5.69 Å². The monoisotopic (exact) mass is 437 g/mol. The van der Waals surface area contributed by atoms with Crippen molar-refractivity contribution in [3.05, 3.63) is 65.0 Å². The Labute approximate surface area is 180 Å². The highest BCUT2D eigenvalue weighted by Gasteiger charge is 2.45. The molecule has 4 rings (SSSR count). The van der Waals surface area contributed by atoms with Crippen molar-refractivity contribution in [2.45, 2.75) is 5.54 Å². The first kappa shape index (κ1) is 20.9. The fourth-order valence-electron chi connectivity index (χ4n) is 3.23. The number of rotatable bonds is 6. The summed E-state index contributed by atoms with van der Waals surface area (Å²) in [7, 11) is 1.53. The van der Waals surface area contributed by atoms with E-state index in [2.05, 4.69) is 26.0 Å². The molecule has 12 heteroatoms.